The van der Waals surface area contributed by atoms with Gasteiger partial charge in [0.25, 0.3) is 0 Å². The summed E-state index contributed by atoms with van der Waals surface area (Å²) in [6.45, 7) is 6.96. The van der Waals surface area contributed by atoms with Gasteiger partial charge in [-0.2, -0.15) is 0 Å². The van der Waals surface area contributed by atoms with Crippen LogP contribution in [-0.2, 0) is 0 Å². The van der Waals surface area contributed by atoms with Gasteiger partial charge in [-0.3, -0.25) is 0 Å². The molecule has 0 aromatic carbocycles. The third-order valence-corrected chi connectivity index (χ3v) is 8.82. The molecular weight excluding hydrogens is 284 g/mol. The predicted octanol–water partition coefficient (Wildman–Crippen LogP) is 4.16. The van der Waals surface area contributed by atoms with Gasteiger partial charge in [-0.05, 0) is 92.3 Å². The Hall–Kier alpha value is -0.340. The highest BCUT2D eigenvalue weighted by Gasteiger charge is 2.59. The Morgan fingerprint density at radius 3 is 2.57 bits per heavy atom. The molecule has 4 rings (SSSR count). The van der Waals surface area contributed by atoms with E-state index in [2.05, 4.69) is 26.0 Å². The minimum Gasteiger partial charge on any atom is -0.393 e. The third kappa shape index (κ3) is 2.20. The molecule has 23 heavy (non-hydrogen) atoms. The summed E-state index contributed by atoms with van der Waals surface area (Å²) in [7, 11) is 0. The molecule has 3 saturated carbocycles. The zero-order chi connectivity index (χ0) is 16.4. The number of hydrogen-bond acceptors (Lipinski definition) is 2. The van der Waals surface area contributed by atoms with Crippen LogP contribution < -0.4 is 0 Å². The Bertz CT molecular complexity index is 498. The molecule has 0 aliphatic heterocycles. The molecule has 2 N–H and O–H groups in total. The fraction of sp³-hybridized carbons (Fsp3) is 0.905. The molecule has 0 saturated heterocycles. The molecule has 4 aliphatic rings. The Balaban J connectivity index is 1.64. The van der Waals surface area contributed by atoms with Crippen LogP contribution in [0.3, 0.4) is 0 Å². The van der Waals surface area contributed by atoms with Gasteiger partial charge >= 0.3 is 0 Å². The van der Waals surface area contributed by atoms with E-state index in [4.69, 9.17) is 0 Å². The Kier molecular flexibility index (Phi) is 3.74. The van der Waals surface area contributed by atoms with E-state index in [9.17, 15) is 10.2 Å². The summed E-state index contributed by atoms with van der Waals surface area (Å²) >= 11 is 0. The van der Waals surface area contributed by atoms with Crippen molar-refractivity contribution in [2.45, 2.75) is 77.9 Å². The second-order valence-corrected chi connectivity index (χ2v) is 9.65. The summed E-state index contributed by atoms with van der Waals surface area (Å²) in [5.41, 5.74) is 0.656. The van der Waals surface area contributed by atoms with Crippen LogP contribution >= 0.6 is 0 Å². The van der Waals surface area contributed by atoms with E-state index in [0.29, 0.717) is 22.7 Å². The van der Waals surface area contributed by atoms with Crippen molar-refractivity contribution < 1.29 is 10.2 Å². The van der Waals surface area contributed by atoms with Crippen LogP contribution in [0.5, 0.6) is 0 Å². The first-order valence-electron chi connectivity index (χ1n) is 9.92. The maximum absolute atomic E-state index is 10.3. The highest BCUT2D eigenvalue weighted by Crippen LogP contribution is 2.66. The largest absolute Gasteiger partial charge is 0.393 e. The Morgan fingerprint density at radius 2 is 1.83 bits per heavy atom. The van der Waals surface area contributed by atoms with E-state index >= 15 is 0 Å². The number of aliphatic hydroxyl groups is 2. The molecule has 0 aromatic heterocycles. The fourth-order valence-corrected chi connectivity index (χ4v) is 7.62. The molecule has 0 aromatic rings. The van der Waals surface area contributed by atoms with Gasteiger partial charge in [-0.1, -0.05) is 26.0 Å². The average Bonchev–Trinajstić information content (AvgIpc) is 2.85. The topological polar surface area (TPSA) is 40.5 Å². The Morgan fingerprint density at radius 1 is 1.04 bits per heavy atom. The van der Waals surface area contributed by atoms with E-state index in [1.165, 1.54) is 38.5 Å². The van der Waals surface area contributed by atoms with E-state index in [-0.39, 0.29) is 12.2 Å². The quantitative estimate of drug-likeness (QED) is 0.713. The molecule has 0 amide bonds. The zero-order valence-corrected chi connectivity index (χ0v) is 15.0. The summed E-state index contributed by atoms with van der Waals surface area (Å²) in [6, 6.07) is 0. The molecule has 2 nitrogen and oxygen atoms in total. The monoisotopic (exact) mass is 318 g/mol. The van der Waals surface area contributed by atoms with Crippen molar-refractivity contribution in [3.05, 3.63) is 12.2 Å². The van der Waals surface area contributed by atoms with Gasteiger partial charge in [0.05, 0.1) is 12.2 Å². The molecule has 2 unspecified atom stereocenters. The molecule has 0 bridgehead atoms. The average molecular weight is 319 g/mol. The smallest absolute Gasteiger partial charge is 0.0724 e. The van der Waals surface area contributed by atoms with Crippen molar-refractivity contribution in [1.29, 1.82) is 0 Å². The van der Waals surface area contributed by atoms with E-state index in [0.717, 1.165) is 24.2 Å². The lowest BCUT2D eigenvalue weighted by Crippen LogP contribution is -2.53. The maximum atomic E-state index is 10.3. The van der Waals surface area contributed by atoms with Gasteiger partial charge in [0.2, 0.25) is 0 Å². The molecule has 3 fully saturated rings. The van der Waals surface area contributed by atoms with Crippen LogP contribution in [-0.4, -0.2) is 22.4 Å². The van der Waals surface area contributed by atoms with Crippen LogP contribution in [0.1, 0.15) is 65.7 Å². The number of rotatable bonds is 1. The summed E-state index contributed by atoms with van der Waals surface area (Å²) in [6.07, 6.45) is 12.8. The molecule has 4 aliphatic carbocycles. The second-order valence-electron chi connectivity index (χ2n) is 9.65. The van der Waals surface area contributed by atoms with Gasteiger partial charge in [-0.15, -0.1) is 0 Å². The van der Waals surface area contributed by atoms with Gasteiger partial charge in [0, 0.05) is 0 Å². The van der Waals surface area contributed by atoms with Gasteiger partial charge in [0.15, 0.2) is 0 Å². The molecular formula is C21H34O2. The fourth-order valence-electron chi connectivity index (χ4n) is 7.62. The van der Waals surface area contributed by atoms with Crippen molar-refractivity contribution in [1.82, 2.24) is 0 Å². The minimum atomic E-state index is -0.218. The summed E-state index contributed by atoms with van der Waals surface area (Å²) < 4.78 is 0. The van der Waals surface area contributed by atoms with E-state index in [1.54, 1.807) is 0 Å². The van der Waals surface area contributed by atoms with E-state index < -0.39 is 0 Å². The lowest BCUT2D eigenvalue weighted by molar-refractivity contribution is -0.0967. The number of allylic oxidation sites excluding steroid dienone is 1. The van der Waals surface area contributed by atoms with Crippen molar-refractivity contribution in [3.8, 4) is 0 Å². The first kappa shape index (κ1) is 16.1. The normalized spacial score (nSPS) is 56.6. The highest BCUT2D eigenvalue weighted by atomic mass is 16.3. The minimum absolute atomic E-state index is 0.154. The molecule has 9 atom stereocenters. The van der Waals surface area contributed by atoms with Crippen molar-refractivity contribution in [3.63, 3.8) is 0 Å². The SMILES string of the molecule is CC(O)[C@H]1CC[C@H]2[C@@H]3CCC4C[C@@H](O)C=C[C@]4(C)[C@H]3CC[C@]12C. The number of hydrogen-bond donors (Lipinski definition) is 2. The van der Waals surface area contributed by atoms with Crippen molar-refractivity contribution in [2.24, 2.45) is 40.4 Å². The van der Waals surface area contributed by atoms with Crippen molar-refractivity contribution >= 4 is 0 Å². The van der Waals surface area contributed by atoms with Crippen LogP contribution in [0.4, 0.5) is 0 Å². The number of fused-ring (bicyclic) bond motifs is 5. The first-order chi connectivity index (χ1) is 10.9. The summed E-state index contributed by atoms with van der Waals surface area (Å²) in [5, 5.41) is 20.3. The van der Waals surface area contributed by atoms with Crippen LogP contribution in [0, 0.1) is 40.4 Å². The number of aliphatic hydroxyl groups excluding tert-OH is 2. The molecule has 2 heteroatoms. The molecule has 0 spiro atoms. The lowest BCUT2D eigenvalue weighted by atomic mass is 9.45. The van der Waals surface area contributed by atoms with Crippen molar-refractivity contribution in [2.75, 3.05) is 0 Å². The maximum Gasteiger partial charge on any atom is 0.0724 e. The standard InChI is InChI=1S/C21H34O2/c1-13(22)17-6-7-18-16-5-4-14-12-15(23)8-10-20(14,2)19(16)9-11-21(17,18)3/h8,10,13-19,22-23H,4-7,9,11-12H2,1-3H3/t13?,14?,15-,16-,17+,18-,19-,20-,21+/m0/s1. The summed E-state index contributed by atoms with van der Waals surface area (Å²) in [4.78, 5) is 0. The highest BCUT2D eigenvalue weighted by molar-refractivity contribution is 5.17. The Labute approximate surface area is 141 Å². The summed E-state index contributed by atoms with van der Waals surface area (Å²) in [5.74, 6) is 3.60. The van der Waals surface area contributed by atoms with Gasteiger partial charge < -0.3 is 10.2 Å². The predicted molar refractivity (Wildman–Crippen MR) is 92.8 cm³/mol. The van der Waals surface area contributed by atoms with Crippen LogP contribution in [0.2, 0.25) is 0 Å². The first-order valence-corrected chi connectivity index (χ1v) is 9.92. The van der Waals surface area contributed by atoms with E-state index in [1.807, 2.05) is 6.92 Å². The van der Waals surface area contributed by atoms with Gasteiger partial charge in [0.1, 0.15) is 0 Å². The molecule has 130 valence electrons. The molecule has 0 radical (unpaired) electrons. The van der Waals surface area contributed by atoms with Crippen LogP contribution in [0.25, 0.3) is 0 Å². The van der Waals surface area contributed by atoms with Gasteiger partial charge in [-0.25, -0.2) is 0 Å². The second kappa shape index (κ2) is 5.33. The zero-order valence-electron chi connectivity index (χ0n) is 15.0. The molecule has 0 heterocycles. The lowest BCUT2D eigenvalue weighted by Gasteiger charge is -2.59. The van der Waals surface area contributed by atoms with Crippen LogP contribution in [0.15, 0.2) is 12.2 Å². The third-order valence-electron chi connectivity index (χ3n) is 8.82.